The summed E-state index contributed by atoms with van der Waals surface area (Å²) >= 11 is 7.60. The second kappa shape index (κ2) is 10.4. The van der Waals surface area contributed by atoms with Gasteiger partial charge in [-0.2, -0.15) is 0 Å². The molecule has 0 radical (unpaired) electrons. The number of thioether (sulfide) groups is 1. The number of rotatable bonds is 7. The zero-order valence-corrected chi connectivity index (χ0v) is 20.4. The van der Waals surface area contributed by atoms with Crippen molar-refractivity contribution < 1.29 is 9.59 Å². The first-order chi connectivity index (χ1) is 16.0. The first-order valence-corrected chi connectivity index (χ1v) is 12.6. The van der Waals surface area contributed by atoms with E-state index in [-0.39, 0.29) is 17.2 Å². The monoisotopic (exact) mass is 478 g/mol. The van der Waals surface area contributed by atoms with E-state index in [4.69, 9.17) is 11.6 Å². The fourth-order valence-electron chi connectivity index (χ4n) is 4.08. The van der Waals surface area contributed by atoms with E-state index in [1.54, 1.807) is 11.8 Å². The van der Waals surface area contributed by atoms with Crippen LogP contribution in [0.4, 0.5) is 5.69 Å². The minimum atomic E-state index is -0.120. The number of benzene rings is 3. The number of carbonyl (C=O) groups is 2. The molecule has 1 heterocycles. The summed E-state index contributed by atoms with van der Waals surface area (Å²) in [5, 5.41) is 3.73. The third-order valence-electron chi connectivity index (χ3n) is 5.93. The fourth-order valence-corrected chi connectivity index (χ4v) is 5.39. The van der Waals surface area contributed by atoms with Crippen molar-refractivity contribution >= 4 is 40.9 Å². The maximum absolute atomic E-state index is 13.0. The van der Waals surface area contributed by atoms with E-state index in [1.807, 2.05) is 59.5 Å². The van der Waals surface area contributed by atoms with Gasteiger partial charge in [0, 0.05) is 22.8 Å². The molecular weight excluding hydrogens is 452 g/mol. The number of amides is 2. The van der Waals surface area contributed by atoms with Crippen LogP contribution in [0.3, 0.4) is 0 Å². The lowest BCUT2D eigenvalue weighted by molar-refractivity contribution is -0.128. The van der Waals surface area contributed by atoms with Gasteiger partial charge in [-0.1, -0.05) is 67.9 Å². The summed E-state index contributed by atoms with van der Waals surface area (Å²) in [5.41, 5.74) is 5.85. The van der Waals surface area contributed by atoms with Gasteiger partial charge in [0.25, 0.3) is 5.91 Å². The molecule has 1 aliphatic heterocycles. The average Bonchev–Trinajstić information content (AvgIpc) is 3.20. The topological polar surface area (TPSA) is 49.4 Å². The highest BCUT2D eigenvalue weighted by atomic mass is 35.5. The predicted octanol–water partition coefficient (Wildman–Crippen LogP) is 6.49. The molecule has 4 rings (SSSR count). The third-order valence-corrected chi connectivity index (χ3v) is 7.44. The number of hydrogen-bond donors (Lipinski definition) is 1. The Bertz CT molecular complexity index is 1120. The van der Waals surface area contributed by atoms with Crippen LogP contribution in [0.25, 0.3) is 0 Å². The Kier molecular flexibility index (Phi) is 7.41. The Hall–Kier alpha value is -2.76. The molecule has 1 saturated heterocycles. The molecule has 0 aliphatic carbocycles. The van der Waals surface area contributed by atoms with Crippen molar-refractivity contribution in [1.29, 1.82) is 0 Å². The lowest BCUT2D eigenvalue weighted by Crippen LogP contribution is -2.27. The number of hydrogen-bond acceptors (Lipinski definition) is 3. The van der Waals surface area contributed by atoms with Crippen molar-refractivity contribution in [2.24, 2.45) is 0 Å². The number of halogens is 1. The van der Waals surface area contributed by atoms with Crippen LogP contribution in [-0.2, 0) is 24.2 Å². The number of nitrogens with zero attached hydrogens (tertiary/aromatic N) is 1. The van der Waals surface area contributed by atoms with Gasteiger partial charge in [-0.25, -0.2) is 0 Å². The molecular formula is C27H27ClN2O2S. The minimum Gasteiger partial charge on any atom is -0.322 e. The molecule has 2 amide bonds. The SMILES string of the molecule is CCc1cccc(CC)c1NC(=O)c1ccc([C@H]2SCC(=O)N2Cc2ccc(Cl)cc2)cc1. The smallest absolute Gasteiger partial charge is 0.255 e. The number of para-hydroxylation sites is 1. The van der Waals surface area contributed by atoms with Gasteiger partial charge in [0.1, 0.15) is 5.37 Å². The predicted molar refractivity (Wildman–Crippen MR) is 137 cm³/mol. The van der Waals surface area contributed by atoms with Gasteiger partial charge in [-0.15, -0.1) is 11.8 Å². The molecule has 33 heavy (non-hydrogen) atoms. The number of aryl methyl sites for hydroxylation is 2. The van der Waals surface area contributed by atoms with Crippen molar-refractivity contribution in [3.05, 3.63) is 99.6 Å². The fraction of sp³-hybridized carbons (Fsp3) is 0.259. The Labute approximate surface area is 204 Å². The molecule has 3 aromatic rings. The van der Waals surface area contributed by atoms with E-state index < -0.39 is 0 Å². The molecule has 170 valence electrons. The molecule has 0 saturated carbocycles. The highest BCUT2D eigenvalue weighted by molar-refractivity contribution is 8.00. The van der Waals surface area contributed by atoms with Crippen molar-refractivity contribution in [3.8, 4) is 0 Å². The van der Waals surface area contributed by atoms with E-state index in [2.05, 4.69) is 31.3 Å². The lowest BCUT2D eigenvalue weighted by atomic mass is 10.0. The second-order valence-corrected chi connectivity index (χ2v) is 9.55. The van der Waals surface area contributed by atoms with Gasteiger partial charge < -0.3 is 10.2 Å². The molecule has 0 bridgehead atoms. The van der Waals surface area contributed by atoms with Crippen molar-refractivity contribution in [2.45, 2.75) is 38.6 Å². The molecule has 0 aromatic heterocycles. The zero-order valence-electron chi connectivity index (χ0n) is 18.8. The summed E-state index contributed by atoms with van der Waals surface area (Å²) in [4.78, 5) is 27.4. The zero-order chi connectivity index (χ0) is 23.4. The van der Waals surface area contributed by atoms with Crippen LogP contribution in [0.1, 0.15) is 51.8 Å². The minimum absolute atomic E-state index is 0.0715. The standard InChI is InChI=1S/C27H27ClN2O2S/c1-3-19-6-5-7-20(4-2)25(19)29-26(32)21-10-12-22(13-11-21)27-30(24(31)17-33-27)16-18-8-14-23(28)15-9-18/h5-15,27H,3-4,16-17H2,1-2H3,(H,29,32)/t27-/m1/s1. The van der Waals surface area contributed by atoms with Gasteiger partial charge >= 0.3 is 0 Å². The maximum atomic E-state index is 13.0. The summed E-state index contributed by atoms with van der Waals surface area (Å²) in [6.07, 6.45) is 1.72. The van der Waals surface area contributed by atoms with Gasteiger partial charge in [-0.3, -0.25) is 9.59 Å². The van der Waals surface area contributed by atoms with Crippen LogP contribution in [0.2, 0.25) is 5.02 Å². The molecule has 3 aromatic carbocycles. The quantitative estimate of drug-likeness (QED) is 0.422. The molecule has 0 spiro atoms. The maximum Gasteiger partial charge on any atom is 0.255 e. The van der Waals surface area contributed by atoms with E-state index >= 15 is 0 Å². The van der Waals surface area contributed by atoms with E-state index in [9.17, 15) is 9.59 Å². The van der Waals surface area contributed by atoms with Crippen molar-refractivity contribution in [1.82, 2.24) is 4.90 Å². The van der Waals surface area contributed by atoms with Gasteiger partial charge in [0.05, 0.1) is 5.75 Å². The lowest BCUT2D eigenvalue weighted by Gasteiger charge is -2.24. The number of carbonyl (C=O) groups excluding carboxylic acids is 2. The first-order valence-electron chi connectivity index (χ1n) is 11.2. The summed E-state index contributed by atoms with van der Waals surface area (Å²) in [7, 11) is 0. The first kappa shape index (κ1) is 23.4. The molecule has 1 aliphatic rings. The summed E-state index contributed by atoms with van der Waals surface area (Å²) in [5.74, 6) is 0.448. The molecule has 6 heteroatoms. The van der Waals surface area contributed by atoms with Crippen molar-refractivity contribution in [2.75, 3.05) is 11.1 Å². The Balaban J connectivity index is 1.50. The van der Waals surface area contributed by atoms with Crippen LogP contribution >= 0.6 is 23.4 Å². The van der Waals surface area contributed by atoms with E-state index in [1.165, 1.54) is 0 Å². The molecule has 1 N–H and O–H groups in total. The highest BCUT2D eigenvalue weighted by Gasteiger charge is 2.32. The number of anilines is 1. The van der Waals surface area contributed by atoms with Crippen LogP contribution in [0.15, 0.2) is 66.7 Å². The Morgan fingerprint density at radius 1 is 1.00 bits per heavy atom. The van der Waals surface area contributed by atoms with Gasteiger partial charge in [0.2, 0.25) is 5.91 Å². The van der Waals surface area contributed by atoms with Crippen LogP contribution in [0, 0.1) is 0 Å². The molecule has 1 fully saturated rings. The summed E-state index contributed by atoms with van der Waals surface area (Å²) in [6.45, 7) is 4.72. The summed E-state index contributed by atoms with van der Waals surface area (Å²) < 4.78 is 0. The summed E-state index contributed by atoms with van der Waals surface area (Å²) in [6, 6.07) is 21.3. The second-order valence-electron chi connectivity index (χ2n) is 8.05. The van der Waals surface area contributed by atoms with Gasteiger partial charge in [0.15, 0.2) is 0 Å². The Morgan fingerprint density at radius 3 is 2.24 bits per heavy atom. The van der Waals surface area contributed by atoms with Crippen LogP contribution in [-0.4, -0.2) is 22.5 Å². The van der Waals surface area contributed by atoms with Crippen LogP contribution < -0.4 is 5.32 Å². The Morgan fingerprint density at radius 2 is 1.64 bits per heavy atom. The normalized spacial score (nSPS) is 15.7. The van der Waals surface area contributed by atoms with E-state index in [0.29, 0.717) is 22.9 Å². The van der Waals surface area contributed by atoms with E-state index in [0.717, 1.165) is 40.8 Å². The largest absolute Gasteiger partial charge is 0.322 e. The van der Waals surface area contributed by atoms with Gasteiger partial charge in [-0.05, 0) is 59.4 Å². The molecule has 1 atom stereocenters. The highest BCUT2D eigenvalue weighted by Crippen LogP contribution is 2.39. The molecule has 0 unspecified atom stereocenters. The van der Waals surface area contributed by atoms with Crippen molar-refractivity contribution in [3.63, 3.8) is 0 Å². The van der Waals surface area contributed by atoms with Crippen LogP contribution in [0.5, 0.6) is 0 Å². The molecule has 4 nitrogen and oxygen atoms in total. The number of nitrogens with one attached hydrogen (secondary N) is 1. The average molecular weight is 479 g/mol. The third kappa shape index (κ3) is 5.26.